The fraction of sp³-hybridized carbons (Fsp3) is 0. The number of aromatic nitrogens is 3. The maximum atomic E-state index is 5.74. The summed E-state index contributed by atoms with van der Waals surface area (Å²) in [6, 6.07) is 3.59. The summed E-state index contributed by atoms with van der Waals surface area (Å²) in [6.45, 7) is 0. The van der Waals surface area contributed by atoms with Crippen LogP contribution in [0.5, 0.6) is 0 Å². The predicted octanol–water partition coefficient (Wildman–Crippen LogP) is 3.02. The Morgan fingerprint density at radius 2 is 2.06 bits per heavy atom. The Morgan fingerprint density at radius 3 is 2.75 bits per heavy atom. The Balaban J connectivity index is 2.27. The first-order chi connectivity index (χ1) is 7.66. The van der Waals surface area contributed by atoms with Crippen LogP contribution in [0.3, 0.4) is 0 Å². The van der Waals surface area contributed by atoms with E-state index in [1.54, 1.807) is 12.3 Å². The van der Waals surface area contributed by atoms with Crippen molar-refractivity contribution >= 4 is 45.1 Å². The van der Waals surface area contributed by atoms with E-state index in [1.807, 2.05) is 6.07 Å². The molecule has 0 atom stereocenters. The van der Waals surface area contributed by atoms with E-state index in [0.717, 1.165) is 10.1 Å². The molecule has 0 unspecified atom stereocenters. The Morgan fingerprint density at radius 1 is 1.25 bits per heavy atom. The molecule has 2 rings (SSSR count). The van der Waals surface area contributed by atoms with Crippen molar-refractivity contribution in [3.8, 4) is 0 Å². The highest BCUT2D eigenvalue weighted by atomic mass is 79.9. The normalized spacial score (nSPS) is 10.4. The summed E-state index contributed by atoms with van der Waals surface area (Å²) in [6.07, 6.45) is 3.00. The molecule has 0 aliphatic heterocycles. The Labute approximate surface area is 110 Å². The maximum absolute atomic E-state index is 5.74. The van der Waals surface area contributed by atoms with Gasteiger partial charge in [-0.3, -0.25) is 0 Å². The van der Waals surface area contributed by atoms with E-state index >= 15 is 0 Å². The Kier molecular flexibility index (Phi) is 3.63. The lowest BCUT2D eigenvalue weighted by Gasteiger charge is -2.03. The summed E-state index contributed by atoms with van der Waals surface area (Å²) < 4.78 is 0.678. The van der Waals surface area contributed by atoms with Crippen LogP contribution >= 0.6 is 39.3 Å². The lowest BCUT2D eigenvalue weighted by molar-refractivity contribution is 1.02. The number of anilines is 1. The molecule has 7 heteroatoms. The number of rotatable bonds is 2. The number of nitrogens with two attached hydrogens (primary N) is 1. The molecule has 82 valence electrons. The molecular weight excluding hydrogens is 312 g/mol. The van der Waals surface area contributed by atoms with E-state index in [4.69, 9.17) is 17.3 Å². The van der Waals surface area contributed by atoms with E-state index < -0.39 is 0 Å². The molecule has 4 nitrogen and oxygen atoms in total. The molecular formula is C9H6BrClN4S. The van der Waals surface area contributed by atoms with Gasteiger partial charge in [0.15, 0.2) is 0 Å². The van der Waals surface area contributed by atoms with Crippen LogP contribution in [0, 0.1) is 0 Å². The number of hydrogen-bond donors (Lipinski definition) is 1. The third kappa shape index (κ3) is 2.63. The van der Waals surface area contributed by atoms with Crippen molar-refractivity contribution in [2.45, 2.75) is 10.1 Å². The second-order valence-electron chi connectivity index (χ2n) is 2.79. The van der Waals surface area contributed by atoms with Gasteiger partial charge in [-0.15, -0.1) is 0 Å². The van der Waals surface area contributed by atoms with Crippen LogP contribution in [0.2, 0.25) is 5.02 Å². The molecule has 0 spiro atoms. The van der Waals surface area contributed by atoms with Gasteiger partial charge in [0, 0.05) is 6.20 Å². The van der Waals surface area contributed by atoms with Gasteiger partial charge in [-0.1, -0.05) is 11.6 Å². The smallest absolute Gasteiger partial charge is 0.142 e. The molecule has 2 heterocycles. The van der Waals surface area contributed by atoms with Gasteiger partial charge in [-0.2, -0.15) is 0 Å². The number of halogens is 2. The largest absolute Gasteiger partial charge is 0.383 e. The first-order valence-corrected chi connectivity index (χ1v) is 6.21. The minimum atomic E-state index is 0.409. The number of nitrogens with zero attached hydrogens (tertiary/aromatic N) is 3. The molecule has 2 aromatic rings. The number of pyridine rings is 1. The SMILES string of the molecule is Nc1ncnc(Sc2ccc(Cl)cn2)c1Br. The molecule has 2 aromatic heterocycles. The fourth-order valence-corrected chi connectivity index (χ4v) is 2.25. The van der Waals surface area contributed by atoms with Crippen LogP contribution < -0.4 is 5.73 Å². The van der Waals surface area contributed by atoms with Crippen molar-refractivity contribution in [1.29, 1.82) is 0 Å². The number of hydrogen-bond acceptors (Lipinski definition) is 5. The topological polar surface area (TPSA) is 64.7 Å². The zero-order valence-corrected chi connectivity index (χ0v) is 11.1. The zero-order chi connectivity index (χ0) is 11.5. The molecule has 0 fully saturated rings. The van der Waals surface area contributed by atoms with Gasteiger partial charge >= 0.3 is 0 Å². The van der Waals surface area contributed by atoms with Crippen LogP contribution in [-0.2, 0) is 0 Å². The lowest BCUT2D eigenvalue weighted by atomic mass is 10.5. The molecule has 16 heavy (non-hydrogen) atoms. The van der Waals surface area contributed by atoms with Crippen molar-refractivity contribution < 1.29 is 0 Å². The fourth-order valence-electron chi connectivity index (χ4n) is 0.959. The summed E-state index contributed by atoms with van der Waals surface area (Å²) in [5.41, 5.74) is 5.65. The van der Waals surface area contributed by atoms with Crippen LogP contribution in [0.15, 0.2) is 39.2 Å². The molecule has 0 saturated carbocycles. The van der Waals surface area contributed by atoms with Crippen molar-refractivity contribution in [1.82, 2.24) is 15.0 Å². The Bertz CT molecular complexity index is 505. The second-order valence-corrected chi connectivity index (χ2v) is 5.03. The monoisotopic (exact) mass is 316 g/mol. The van der Waals surface area contributed by atoms with Crippen LogP contribution in [0.1, 0.15) is 0 Å². The quantitative estimate of drug-likeness (QED) is 0.863. The average Bonchev–Trinajstić information content (AvgIpc) is 2.28. The first kappa shape index (κ1) is 11.6. The predicted molar refractivity (Wildman–Crippen MR) is 67.5 cm³/mol. The van der Waals surface area contributed by atoms with Gasteiger partial charge in [0.05, 0.1) is 9.50 Å². The van der Waals surface area contributed by atoms with Crippen molar-refractivity contribution in [2.75, 3.05) is 5.73 Å². The minimum absolute atomic E-state index is 0.409. The third-order valence-electron chi connectivity index (χ3n) is 1.69. The molecule has 0 saturated heterocycles. The van der Waals surface area contributed by atoms with Crippen LogP contribution in [0.4, 0.5) is 5.82 Å². The van der Waals surface area contributed by atoms with Gasteiger partial charge in [-0.25, -0.2) is 15.0 Å². The second kappa shape index (κ2) is 4.99. The lowest BCUT2D eigenvalue weighted by Crippen LogP contribution is -1.94. The van der Waals surface area contributed by atoms with E-state index in [1.165, 1.54) is 18.1 Å². The molecule has 0 aliphatic rings. The maximum Gasteiger partial charge on any atom is 0.142 e. The van der Waals surface area contributed by atoms with Gasteiger partial charge in [0.25, 0.3) is 0 Å². The highest BCUT2D eigenvalue weighted by Gasteiger charge is 2.08. The highest BCUT2D eigenvalue weighted by Crippen LogP contribution is 2.32. The third-order valence-corrected chi connectivity index (χ3v) is 3.91. The average molecular weight is 318 g/mol. The van der Waals surface area contributed by atoms with Crippen molar-refractivity contribution in [2.24, 2.45) is 0 Å². The van der Waals surface area contributed by atoms with E-state index in [-0.39, 0.29) is 0 Å². The van der Waals surface area contributed by atoms with Crippen molar-refractivity contribution in [3.63, 3.8) is 0 Å². The van der Waals surface area contributed by atoms with Gasteiger partial charge in [0.1, 0.15) is 22.2 Å². The molecule has 0 aliphatic carbocycles. The summed E-state index contributed by atoms with van der Waals surface area (Å²) in [4.78, 5) is 12.1. The summed E-state index contributed by atoms with van der Waals surface area (Å²) in [7, 11) is 0. The summed E-state index contributed by atoms with van der Waals surface area (Å²) in [5.74, 6) is 0.409. The molecule has 0 amide bonds. The van der Waals surface area contributed by atoms with E-state index in [0.29, 0.717) is 15.3 Å². The Hall–Kier alpha value is -0.850. The summed E-state index contributed by atoms with van der Waals surface area (Å²) in [5, 5.41) is 2.12. The van der Waals surface area contributed by atoms with Gasteiger partial charge < -0.3 is 5.73 Å². The highest BCUT2D eigenvalue weighted by molar-refractivity contribution is 9.10. The summed E-state index contributed by atoms with van der Waals surface area (Å²) >= 11 is 10.5. The van der Waals surface area contributed by atoms with E-state index in [2.05, 4.69) is 30.9 Å². The molecule has 0 bridgehead atoms. The van der Waals surface area contributed by atoms with Gasteiger partial charge in [0.2, 0.25) is 0 Å². The minimum Gasteiger partial charge on any atom is -0.383 e. The number of nitrogen functional groups attached to an aromatic ring is 1. The molecule has 0 radical (unpaired) electrons. The zero-order valence-electron chi connectivity index (χ0n) is 7.89. The molecule has 0 aromatic carbocycles. The standard InChI is InChI=1S/C9H6BrClN4S/c10-7-8(12)14-4-15-9(7)16-6-2-1-5(11)3-13-6/h1-4H,(H2,12,14,15). The van der Waals surface area contributed by atoms with Crippen LogP contribution in [0.25, 0.3) is 0 Å². The van der Waals surface area contributed by atoms with Crippen LogP contribution in [-0.4, -0.2) is 15.0 Å². The van der Waals surface area contributed by atoms with Crippen molar-refractivity contribution in [3.05, 3.63) is 34.2 Å². The first-order valence-electron chi connectivity index (χ1n) is 4.22. The molecule has 2 N–H and O–H groups in total. The van der Waals surface area contributed by atoms with Gasteiger partial charge in [-0.05, 0) is 39.8 Å². The van der Waals surface area contributed by atoms with E-state index in [9.17, 15) is 0 Å².